The molecule has 0 fully saturated rings. The summed E-state index contributed by atoms with van der Waals surface area (Å²) in [5.74, 6) is -0.00921. The Morgan fingerprint density at radius 2 is 1.82 bits per heavy atom. The molecule has 3 aromatic rings. The van der Waals surface area contributed by atoms with Gasteiger partial charge in [-0.1, -0.05) is 42.3 Å². The first-order chi connectivity index (χ1) is 13.5. The molecule has 0 aliphatic carbocycles. The van der Waals surface area contributed by atoms with E-state index in [1.54, 1.807) is 13.2 Å². The van der Waals surface area contributed by atoms with Gasteiger partial charge in [0.05, 0.1) is 29.4 Å². The third-order valence-electron chi connectivity index (χ3n) is 5.19. The van der Waals surface area contributed by atoms with Crippen molar-refractivity contribution in [2.24, 2.45) is 0 Å². The zero-order chi connectivity index (χ0) is 20.0. The topological polar surface area (TPSA) is 42.4 Å². The second-order valence-electron chi connectivity index (χ2n) is 6.98. The van der Waals surface area contributed by atoms with Crippen LogP contribution in [0.25, 0.3) is 22.0 Å². The molecule has 1 aliphatic heterocycles. The molecule has 6 heteroatoms. The first-order valence-corrected chi connectivity index (χ1v) is 9.94. The van der Waals surface area contributed by atoms with Crippen LogP contribution in [0.4, 0.5) is 5.69 Å². The summed E-state index contributed by atoms with van der Waals surface area (Å²) in [6.45, 7) is 4.48. The lowest BCUT2D eigenvalue weighted by Crippen LogP contribution is -2.40. The second-order valence-corrected chi connectivity index (χ2v) is 7.83. The SMILES string of the molecule is CC[C@H](COC)N1C(=O)c2ccc(-c3ccc(Cl)cc3Cl)c3nc(C)cc1c23. The number of hydrogen-bond donors (Lipinski definition) is 0. The number of methoxy groups -OCH3 is 1. The van der Waals surface area contributed by atoms with Crippen LogP contribution in [0.1, 0.15) is 29.4 Å². The van der Waals surface area contributed by atoms with E-state index < -0.39 is 0 Å². The van der Waals surface area contributed by atoms with Crippen molar-refractivity contribution in [3.8, 4) is 11.1 Å². The minimum Gasteiger partial charge on any atom is -0.383 e. The zero-order valence-corrected chi connectivity index (χ0v) is 17.4. The normalized spacial score (nSPS) is 14.2. The molecule has 0 unspecified atom stereocenters. The average Bonchev–Trinajstić information content (AvgIpc) is 2.93. The molecule has 1 aliphatic rings. The summed E-state index contributed by atoms with van der Waals surface area (Å²) >= 11 is 12.5. The third kappa shape index (κ3) is 2.96. The number of hydrogen-bond acceptors (Lipinski definition) is 3. The van der Waals surface area contributed by atoms with Crippen molar-refractivity contribution in [3.05, 3.63) is 57.7 Å². The summed E-state index contributed by atoms with van der Waals surface area (Å²) in [7, 11) is 1.66. The minimum absolute atomic E-state index is 0.00921. The molecule has 1 amide bonds. The molecule has 2 heterocycles. The highest BCUT2D eigenvalue weighted by Gasteiger charge is 2.35. The predicted octanol–water partition coefficient (Wildman–Crippen LogP) is 5.90. The quantitative estimate of drug-likeness (QED) is 0.521. The first-order valence-electron chi connectivity index (χ1n) is 9.18. The molecule has 1 atom stereocenters. The predicted molar refractivity (Wildman–Crippen MR) is 115 cm³/mol. The van der Waals surface area contributed by atoms with Gasteiger partial charge in [0.1, 0.15) is 0 Å². The molecule has 2 aromatic carbocycles. The van der Waals surface area contributed by atoms with E-state index in [0.717, 1.165) is 39.8 Å². The van der Waals surface area contributed by atoms with E-state index in [0.29, 0.717) is 22.2 Å². The molecule has 0 spiro atoms. The van der Waals surface area contributed by atoms with Crippen molar-refractivity contribution in [2.75, 3.05) is 18.6 Å². The van der Waals surface area contributed by atoms with Gasteiger partial charge in [0.25, 0.3) is 5.91 Å². The molecule has 1 aromatic heterocycles. The average molecular weight is 415 g/mol. The second kappa shape index (κ2) is 7.36. The molecule has 0 saturated carbocycles. The largest absolute Gasteiger partial charge is 0.383 e. The van der Waals surface area contributed by atoms with E-state index in [4.69, 9.17) is 32.9 Å². The molecule has 4 rings (SSSR count). The van der Waals surface area contributed by atoms with Crippen LogP contribution in [0.15, 0.2) is 36.4 Å². The van der Waals surface area contributed by atoms with Gasteiger partial charge in [-0.25, -0.2) is 0 Å². The fourth-order valence-electron chi connectivity index (χ4n) is 3.91. The number of pyridine rings is 1. The maximum absolute atomic E-state index is 13.2. The Balaban J connectivity index is 1.99. The highest BCUT2D eigenvalue weighted by molar-refractivity contribution is 6.37. The molecule has 0 radical (unpaired) electrons. The maximum Gasteiger partial charge on any atom is 0.259 e. The number of rotatable bonds is 5. The Kier molecular flexibility index (Phi) is 5.04. The van der Waals surface area contributed by atoms with Crippen molar-refractivity contribution in [3.63, 3.8) is 0 Å². The van der Waals surface area contributed by atoms with E-state index in [2.05, 4.69) is 6.92 Å². The Morgan fingerprint density at radius 3 is 2.50 bits per heavy atom. The van der Waals surface area contributed by atoms with E-state index in [1.807, 2.05) is 42.2 Å². The van der Waals surface area contributed by atoms with Crippen molar-refractivity contribution < 1.29 is 9.53 Å². The maximum atomic E-state index is 13.2. The smallest absolute Gasteiger partial charge is 0.259 e. The third-order valence-corrected chi connectivity index (χ3v) is 5.74. The van der Waals surface area contributed by atoms with Crippen LogP contribution in [0, 0.1) is 6.92 Å². The molecule has 0 bridgehead atoms. The highest BCUT2D eigenvalue weighted by atomic mass is 35.5. The van der Waals surface area contributed by atoms with Gasteiger partial charge in [0.2, 0.25) is 0 Å². The van der Waals surface area contributed by atoms with Gasteiger partial charge in [0, 0.05) is 39.4 Å². The van der Waals surface area contributed by atoms with Gasteiger partial charge in [0.15, 0.2) is 0 Å². The molecule has 0 N–H and O–H groups in total. The van der Waals surface area contributed by atoms with Crippen LogP contribution >= 0.6 is 23.2 Å². The lowest BCUT2D eigenvalue weighted by Gasteiger charge is -2.27. The van der Waals surface area contributed by atoms with Crippen LogP contribution in [0.2, 0.25) is 10.0 Å². The fraction of sp³-hybridized carbons (Fsp3) is 0.273. The minimum atomic E-state index is -0.0301. The van der Waals surface area contributed by atoms with Gasteiger partial charge in [-0.05, 0) is 37.6 Å². The van der Waals surface area contributed by atoms with Crippen LogP contribution in [0.3, 0.4) is 0 Å². The molecular weight excluding hydrogens is 395 g/mol. The number of amides is 1. The van der Waals surface area contributed by atoms with Gasteiger partial charge < -0.3 is 9.64 Å². The Morgan fingerprint density at radius 1 is 1.11 bits per heavy atom. The van der Waals surface area contributed by atoms with Gasteiger partial charge in [-0.2, -0.15) is 0 Å². The number of aromatic nitrogens is 1. The Bertz CT molecular complexity index is 1100. The standard InChI is InChI=1S/C22H20Cl2N2O2/c1-4-14(11-28-3)26-19-9-12(2)25-21-16(7-8-17(20(19)21)22(26)27)15-6-5-13(23)10-18(15)24/h5-10,14H,4,11H2,1-3H3/t14-/m1/s1. The molecule has 28 heavy (non-hydrogen) atoms. The fourth-order valence-corrected chi connectivity index (χ4v) is 4.42. The summed E-state index contributed by atoms with van der Waals surface area (Å²) < 4.78 is 5.36. The molecular formula is C22H20Cl2N2O2. The van der Waals surface area contributed by atoms with E-state index in [9.17, 15) is 4.79 Å². The number of carbonyl (C=O) groups excluding carboxylic acids is 1. The number of nitrogens with zero attached hydrogens (tertiary/aromatic N) is 2. The van der Waals surface area contributed by atoms with Gasteiger partial charge in [-0.3, -0.25) is 9.78 Å². The first kappa shape index (κ1) is 19.2. The van der Waals surface area contributed by atoms with Crippen molar-refractivity contribution in [1.82, 2.24) is 4.98 Å². The summed E-state index contributed by atoms with van der Waals surface area (Å²) in [6, 6.07) is 11.1. The van der Waals surface area contributed by atoms with Gasteiger partial charge in [-0.15, -0.1) is 0 Å². The van der Waals surface area contributed by atoms with Crippen molar-refractivity contribution >= 4 is 45.7 Å². The van der Waals surface area contributed by atoms with Crippen LogP contribution < -0.4 is 4.90 Å². The summed E-state index contributed by atoms with van der Waals surface area (Å²) in [5, 5.41) is 2.00. The number of halogens is 2. The summed E-state index contributed by atoms with van der Waals surface area (Å²) in [5.41, 5.74) is 4.91. The van der Waals surface area contributed by atoms with Crippen molar-refractivity contribution in [2.45, 2.75) is 26.3 Å². The Labute approximate surface area is 174 Å². The number of benzene rings is 2. The summed E-state index contributed by atoms with van der Waals surface area (Å²) in [6.07, 6.45) is 0.798. The summed E-state index contributed by atoms with van der Waals surface area (Å²) in [4.78, 5) is 19.8. The lowest BCUT2D eigenvalue weighted by molar-refractivity contribution is 0.0957. The molecule has 0 saturated heterocycles. The number of ether oxygens (including phenoxy) is 1. The van der Waals surface area contributed by atoms with E-state index >= 15 is 0 Å². The van der Waals surface area contributed by atoms with Crippen LogP contribution in [-0.4, -0.2) is 30.6 Å². The zero-order valence-electron chi connectivity index (χ0n) is 15.9. The highest BCUT2D eigenvalue weighted by Crippen LogP contribution is 2.43. The number of anilines is 1. The molecule has 4 nitrogen and oxygen atoms in total. The van der Waals surface area contributed by atoms with Gasteiger partial charge >= 0.3 is 0 Å². The van der Waals surface area contributed by atoms with Crippen LogP contribution in [0.5, 0.6) is 0 Å². The number of aryl methyl sites for hydroxylation is 1. The van der Waals surface area contributed by atoms with Crippen LogP contribution in [-0.2, 0) is 4.74 Å². The van der Waals surface area contributed by atoms with E-state index in [-0.39, 0.29) is 11.9 Å². The molecule has 144 valence electrons. The number of carbonyl (C=O) groups is 1. The lowest BCUT2D eigenvalue weighted by atomic mass is 9.98. The van der Waals surface area contributed by atoms with Crippen molar-refractivity contribution in [1.29, 1.82) is 0 Å². The Hall–Kier alpha value is -2.14. The van der Waals surface area contributed by atoms with E-state index in [1.165, 1.54) is 0 Å². The monoisotopic (exact) mass is 414 g/mol.